The molecule has 23 heavy (non-hydrogen) atoms. The average Bonchev–Trinajstić information content (AvgIpc) is 2.57. The first kappa shape index (κ1) is 16.5. The minimum Gasteiger partial charge on any atom is -0.372 e. The number of benzene rings is 1. The zero-order chi connectivity index (χ0) is 16.2. The van der Waals surface area contributed by atoms with Gasteiger partial charge in [-0.15, -0.1) is 0 Å². The van der Waals surface area contributed by atoms with E-state index in [1.807, 2.05) is 12.1 Å². The Bertz CT molecular complexity index is 672. The molecule has 0 aliphatic heterocycles. The van der Waals surface area contributed by atoms with Crippen LogP contribution in [0.3, 0.4) is 0 Å². The van der Waals surface area contributed by atoms with Crippen molar-refractivity contribution in [2.45, 2.75) is 44.3 Å². The molecule has 0 N–H and O–H groups in total. The topological polar surface area (TPSA) is 22.1 Å². The summed E-state index contributed by atoms with van der Waals surface area (Å²) in [5.74, 6) is -0.611. The van der Waals surface area contributed by atoms with Crippen molar-refractivity contribution in [1.82, 2.24) is 4.98 Å². The summed E-state index contributed by atoms with van der Waals surface area (Å²) in [5, 5.41) is 0. The van der Waals surface area contributed by atoms with Gasteiger partial charge in [0.25, 0.3) is 0 Å². The van der Waals surface area contributed by atoms with Crippen LogP contribution >= 0.6 is 15.9 Å². The number of aromatic nitrogens is 1. The van der Waals surface area contributed by atoms with Gasteiger partial charge in [-0.25, -0.2) is 8.78 Å². The van der Waals surface area contributed by atoms with Crippen molar-refractivity contribution in [2.24, 2.45) is 0 Å². The van der Waals surface area contributed by atoms with Gasteiger partial charge in [-0.05, 0) is 83.4 Å². The molecular weight excluding hydrogens is 364 g/mol. The summed E-state index contributed by atoms with van der Waals surface area (Å²) >= 11 is 3.46. The quantitative estimate of drug-likeness (QED) is 0.710. The Morgan fingerprint density at radius 2 is 1.91 bits per heavy atom. The van der Waals surface area contributed by atoms with Gasteiger partial charge in [0.05, 0.1) is 18.4 Å². The Labute approximate surface area is 143 Å². The molecule has 122 valence electrons. The van der Waals surface area contributed by atoms with E-state index in [4.69, 9.17) is 4.74 Å². The van der Waals surface area contributed by atoms with Gasteiger partial charge in [0.15, 0.2) is 0 Å². The van der Waals surface area contributed by atoms with Gasteiger partial charge in [-0.3, -0.25) is 4.98 Å². The van der Waals surface area contributed by atoms with Crippen molar-refractivity contribution >= 4 is 15.9 Å². The van der Waals surface area contributed by atoms with Crippen LogP contribution in [0.2, 0.25) is 0 Å². The summed E-state index contributed by atoms with van der Waals surface area (Å²) in [4.78, 5) is 4.28. The van der Waals surface area contributed by atoms with E-state index in [1.165, 1.54) is 12.1 Å². The van der Waals surface area contributed by atoms with E-state index < -0.39 is 0 Å². The Hall–Kier alpha value is -1.33. The maximum absolute atomic E-state index is 13.9. The third-order valence-corrected chi connectivity index (χ3v) is 5.08. The van der Waals surface area contributed by atoms with Crippen LogP contribution in [0.15, 0.2) is 41.0 Å². The molecule has 0 radical (unpaired) electrons. The first-order valence-corrected chi connectivity index (χ1v) is 8.58. The number of pyridine rings is 1. The van der Waals surface area contributed by atoms with Crippen LogP contribution in [0.1, 0.15) is 42.9 Å². The number of nitrogens with zero attached hydrogens (tertiary/aromatic N) is 1. The molecule has 2 nitrogen and oxygen atoms in total. The van der Waals surface area contributed by atoms with Crippen LogP contribution < -0.4 is 0 Å². The molecule has 1 saturated carbocycles. The van der Waals surface area contributed by atoms with Gasteiger partial charge in [0.2, 0.25) is 0 Å². The fourth-order valence-electron chi connectivity index (χ4n) is 3.09. The maximum Gasteiger partial charge on any atom is 0.126 e. The molecule has 5 heteroatoms. The van der Waals surface area contributed by atoms with Crippen LogP contribution in [-0.4, -0.2) is 11.1 Å². The molecule has 1 aromatic heterocycles. The molecule has 0 saturated heterocycles. The lowest BCUT2D eigenvalue weighted by Gasteiger charge is -2.29. The van der Waals surface area contributed by atoms with Gasteiger partial charge in [-0.1, -0.05) is 0 Å². The van der Waals surface area contributed by atoms with Crippen LogP contribution in [0, 0.1) is 11.6 Å². The second-order valence-electron chi connectivity index (χ2n) is 5.88. The SMILES string of the molecule is Fc1ccc(F)c([C@H]2CC[C@@H](OCc3ncccc3Br)CC2)c1. The highest BCUT2D eigenvalue weighted by Crippen LogP contribution is 2.35. The van der Waals surface area contributed by atoms with E-state index in [0.717, 1.165) is 41.9 Å². The zero-order valence-corrected chi connectivity index (χ0v) is 14.2. The first-order valence-electron chi connectivity index (χ1n) is 7.79. The molecule has 1 fully saturated rings. The van der Waals surface area contributed by atoms with Crippen LogP contribution in [0.25, 0.3) is 0 Å². The smallest absolute Gasteiger partial charge is 0.126 e. The van der Waals surface area contributed by atoms with Crippen molar-refractivity contribution in [3.8, 4) is 0 Å². The molecule has 0 atom stereocenters. The van der Waals surface area contributed by atoms with Gasteiger partial charge in [0, 0.05) is 10.7 Å². The summed E-state index contributed by atoms with van der Waals surface area (Å²) < 4.78 is 34.0. The molecule has 0 amide bonds. The van der Waals surface area contributed by atoms with Gasteiger partial charge in [-0.2, -0.15) is 0 Å². The number of rotatable bonds is 4. The van der Waals surface area contributed by atoms with Crippen molar-refractivity contribution in [2.75, 3.05) is 0 Å². The lowest BCUT2D eigenvalue weighted by atomic mass is 9.82. The molecule has 0 unspecified atom stereocenters. The highest BCUT2D eigenvalue weighted by Gasteiger charge is 2.25. The molecule has 1 aromatic carbocycles. The summed E-state index contributed by atoms with van der Waals surface area (Å²) in [7, 11) is 0. The molecule has 1 aliphatic rings. The largest absolute Gasteiger partial charge is 0.372 e. The lowest BCUT2D eigenvalue weighted by molar-refractivity contribution is 0.0113. The van der Waals surface area contributed by atoms with E-state index >= 15 is 0 Å². The number of halogens is 3. The molecule has 2 aromatic rings. The van der Waals surface area contributed by atoms with Crippen LogP contribution in [-0.2, 0) is 11.3 Å². The molecule has 0 bridgehead atoms. The lowest BCUT2D eigenvalue weighted by Crippen LogP contribution is -2.21. The predicted molar refractivity (Wildman–Crippen MR) is 88.1 cm³/mol. The van der Waals surface area contributed by atoms with Gasteiger partial charge >= 0.3 is 0 Å². The fraction of sp³-hybridized carbons (Fsp3) is 0.389. The van der Waals surface area contributed by atoms with Gasteiger partial charge < -0.3 is 4.74 Å². The standard InChI is InChI=1S/C18H18BrF2NO/c19-16-2-1-9-22-18(16)11-23-14-6-3-12(4-7-14)15-10-13(20)5-8-17(15)21/h1-2,5,8-10,12,14H,3-4,6-7,11H2/t12-,14+. The van der Waals surface area contributed by atoms with Gasteiger partial charge in [0.1, 0.15) is 11.6 Å². The zero-order valence-electron chi connectivity index (χ0n) is 12.6. The third kappa shape index (κ3) is 4.15. The van der Waals surface area contributed by atoms with E-state index in [-0.39, 0.29) is 23.7 Å². The van der Waals surface area contributed by atoms with E-state index in [1.54, 1.807) is 6.20 Å². The Morgan fingerprint density at radius 3 is 2.65 bits per heavy atom. The number of hydrogen-bond acceptors (Lipinski definition) is 2. The molecule has 1 heterocycles. The summed E-state index contributed by atoms with van der Waals surface area (Å²) in [6.07, 6.45) is 5.23. The Balaban J connectivity index is 1.54. The van der Waals surface area contributed by atoms with E-state index in [0.29, 0.717) is 12.2 Å². The predicted octanol–water partition coefficient (Wildman–Crippen LogP) is 5.37. The van der Waals surface area contributed by atoms with E-state index in [9.17, 15) is 8.78 Å². The second-order valence-corrected chi connectivity index (χ2v) is 6.74. The normalized spacial score (nSPS) is 21.3. The van der Waals surface area contributed by atoms with Crippen LogP contribution in [0.5, 0.6) is 0 Å². The Kier molecular flexibility index (Phi) is 5.38. The number of ether oxygens (including phenoxy) is 1. The monoisotopic (exact) mass is 381 g/mol. The highest BCUT2D eigenvalue weighted by molar-refractivity contribution is 9.10. The van der Waals surface area contributed by atoms with Crippen molar-refractivity contribution < 1.29 is 13.5 Å². The molecular formula is C18H18BrF2NO. The summed E-state index contributed by atoms with van der Waals surface area (Å²) in [5.41, 5.74) is 1.38. The number of hydrogen-bond donors (Lipinski definition) is 0. The maximum atomic E-state index is 13.9. The average molecular weight is 382 g/mol. The Morgan fingerprint density at radius 1 is 1.13 bits per heavy atom. The van der Waals surface area contributed by atoms with E-state index in [2.05, 4.69) is 20.9 Å². The first-order chi connectivity index (χ1) is 11.1. The molecule has 3 rings (SSSR count). The minimum absolute atomic E-state index is 0.0761. The van der Waals surface area contributed by atoms with Crippen molar-refractivity contribution in [3.05, 3.63) is 63.9 Å². The van der Waals surface area contributed by atoms with Crippen LogP contribution in [0.4, 0.5) is 8.78 Å². The van der Waals surface area contributed by atoms with Crippen molar-refractivity contribution in [3.63, 3.8) is 0 Å². The fourth-order valence-corrected chi connectivity index (χ4v) is 3.46. The summed E-state index contributed by atoms with van der Waals surface area (Å²) in [6, 6.07) is 7.51. The minimum atomic E-state index is -0.375. The summed E-state index contributed by atoms with van der Waals surface area (Å²) in [6.45, 7) is 0.463. The highest BCUT2D eigenvalue weighted by atomic mass is 79.9. The molecule has 1 aliphatic carbocycles. The second kappa shape index (κ2) is 7.49. The molecule has 0 spiro atoms. The van der Waals surface area contributed by atoms with Crippen molar-refractivity contribution in [1.29, 1.82) is 0 Å². The third-order valence-electron chi connectivity index (χ3n) is 4.36.